The van der Waals surface area contributed by atoms with E-state index >= 15 is 0 Å². The van der Waals surface area contributed by atoms with Gasteiger partial charge in [-0.25, -0.2) is 0 Å². The van der Waals surface area contributed by atoms with Crippen LogP contribution in [0.25, 0.3) is 0 Å². The van der Waals surface area contributed by atoms with Crippen LogP contribution < -0.4 is 5.32 Å². The van der Waals surface area contributed by atoms with Crippen LogP contribution in [0.5, 0.6) is 0 Å². The molecule has 0 aliphatic rings. The number of hydrogen-bond donors (Lipinski definition) is 1. The van der Waals surface area contributed by atoms with E-state index in [0.717, 1.165) is 12.2 Å². The number of nitrogens with zero attached hydrogens (tertiary/aromatic N) is 1. The smallest absolute Gasteiger partial charge is 0.0570 e. The molecule has 2 rings (SSSR count). The molecule has 0 saturated heterocycles. The van der Waals surface area contributed by atoms with Crippen LogP contribution in [0.3, 0.4) is 0 Å². The molecule has 0 bridgehead atoms. The lowest BCUT2D eigenvalue weighted by molar-refractivity contribution is 0.565. The standard InChI is InChI=1S/C13H15BrN2S/c1-9(13-5-3-4-6-15-13)16-8-11-7-12(14)10(2)17-11/h3-7,9,16H,8H2,1-2H3/t9-/m1/s1. The maximum absolute atomic E-state index is 4.35. The first-order valence-electron chi connectivity index (χ1n) is 5.56. The highest BCUT2D eigenvalue weighted by Gasteiger charge is 2.07. The van der Waals surface area contributed by atoms with Gasteiger partial charge in [-0.1, -0.05) is 6.07 Å². The Balaban J connectivity index is 1.94. The second kappa shape index (κ2) is 5.76. The average molecular weight is 311 g/mol. The van der Waals surface area contributed by atoms with Crippen LogP contribution in [-0.2, 0) is 6.54 Å². The number of thiophene rings is 1. The molecule has 1 atom stereocenters. The zero-order valence-electron chi connectivity index (χ0n) is 9.90. The highest BCUT2D eigenvalue weighted by molar-refractivity contribution is 9.10. The van der Waals surface area contributed by atoms with E-state index in [-0.39, 0.29) is 6.04 Å². The molecule has 0 aromatic carbocycles. The van der Waals surface area contributed by atoms with Gasteiger partial charge in [0.2, 0.25) is 0 Å². The number of nitrogens with one attached hydrogen (secondary N) is 1. The first-order chi connectivity index (χ1) is 8.16. The molecule has 0 spiro atoms. The van der Waals surface area contributed by atoms with Crippen LogP contribution in [0.2, 0.25) is 0 Å². The number of rotatable bonds is 4. The van der Waals surface area contributed by atoms with Crippen molar-refractivity contribution in [3.63, 3.8) is 0 Å². The van der Waals surface area contributed by atoms with Gasteiger partial charge < -0.3 is 5.32 Å². The highest BCUT2D eigenvalue weighted by Crippen LogP contribution is 2.26. The molecular weight excluding hydrogens is 296 g/mol. The van der Waals surface area contributed by atoms with E-state index in [4.69, 9.17) is 0 Å². The molecule has 0 unspecified atom stereocenters. The summed E-state index contributed by atoms with van der Waals surface area (Å²) < 4.78 is 1.20. The normalized spacial score (nSPS) is 12.6. The third kappa shape index (κ3) is 3.37. The van der Waals surface area contributed by atoms with E-state index in [9.17, 15) is 0 Å². The number of aromatic nitrogens is 1. The van der Waals surface area contributed by atoms with Crippen molar-refractivity contribution < 1.29 is 0 Å². The van der Waals surface area contributed by atoms with E-state index < -0.39 is 0 Å². The fourth-order valence-corrected chi connectivity index (χ4v) is 3.15. The Morgan fingerprint density at radius 1 is 1.47 bits per heavy atom. The summed E-state index contributed by atoms with van der Waals surface area (Å²) in [5.74, 6) is 0. The molecule has 4 heteroatoms. The Morgan fingerprint density at radius 2 is 2.29 bits per heavy atom. The van der Waals surface area contributed by atoms with Gasteiger partial charge >= 0.3 is 0 Å². The van der Waals surface area contributed by atoms with Crippen molar-refractivity contribution in [1.29, 1.82) is 0 Å². The molecule has 0 radical (unpaired) electrons. The summed E-state index contributed by atoms with van der Waals surface area (Å²) in [4.78, 5) is 7.02. The quantitative estimate of drug-likeness (QED) is 0.921. The van der Waals surface area contributed by atoms with Gasteiger partial charge in [0.25, 0.3) is 0 Å². The van der Waals surface area contributed by atoms with E-state index in [0.29, 0.717) is 0 Å². The predicted molar refractivity (Wildman–Crippen MR) is 76.2 cm³/mol. The van der Waals surface area contributed by atoms with Gasteiger partial charge in [-0.15, -0.1) is 11.3 Å². The van der Waals surface area contributed by atoms with Crippen molar-refractivity contribution >= 4 is 27.3 Å². The third-order valence-electron chi connectivity index (χ3n) is 2.62. The lowest BCUT2D eigenvalue weighted by Gasteiger charge is -2.11. The summed E-state index contributed by atoms with van der Waals surface area (Å²) in [6.07, 6.45) is 1.83. The lowest BCUT2D eigenvalue weighted by atomic mass is 10.2. The van der Waals surface area contributed by atoms with E-state index in [1.54, 1.807) is 0 Å². The molecule has 90 valence electrons. The van der Waals surface area contributed by atoms with E-state index in [1.807, 2.05) is 35.7 Å². The molecule has 2 aromatic heterocycles. The number of hydrogen-bond acceptors (Lipinski definition) is 3. The molecule has 0 aliphatic heterocycles. The zero-order valence-corrected chi connectivity index (χ0v) is 12.3. The zero-order chi connectivity index (χ0) is 12.3. The van der Waals surface area contributed by atoms with Gasteiger partial charge in [-0.3, -0.25) is 4.98 Å². The topological polar surface area (TPSA) is 24.9 Å². The molecule has 0 amide bonds. The minimum Gasteiger partial charge on any atom is -0.304 e. The van der Waals surface area contributed by atoms with Crippen molar-refractivity contribution in [3.8, 4) is 0 Å². The minimum atomic E-state index is 0.275. The van der Waals surface area contributed by atoms with Gasteiger partial charge in [-0.2, -0.15) is 0 Å². The Morgan fingerprint density at radius 3 is 2.88 bits per heavy atom. The first kappa shape index (κ1) is 12.7. The van der Waals surface area contributed by atoms with Gasteiger partial charge in [0.15, 0.2) is 0 Å². The van der Waals surface area contributed by atoms with Gasteiger partial charge in [0, 0.05) is 33.0 Å². The Bertz CT molecular complexity index is 462. The average Bonchev–Trinajstić information content (AvgIpc) is 2.67. The van der Waals surface area contributed by atoms with Crippen LogP contribution in [-0.4, -0.2) is 4.98 Å². The second-order valence-corrected chi connectivity index (χ2v) is 6.17. The lowest BCUT2D eigenvalue weighted by Crippen LogP contribution is -2.18. The molecular formula is C13H15BrN2S. The molecule has 0 saturated carbocycles. The minimum absolute atomic E-state index is 0.275. The SMILES string of the molecule is Cc1sc(CN[C@H](C)c2ccccn2)cc1Br. The van der Waals surface area contributed by atoms with Gasteiger partial charge in [-0.05, 0) is 48.0 Å². The van der Waals surface area contributed by atoms with Crippen molar-refractivity contribution in [3.05, 3.63) is 50.4 Å². The summed E-state index contributed by atoms with van der Waals surface area (Å²) in [5, 5.41) is 3.48. The maximum atomic E-state index is 4.35. The molecule has 0 fully saturated rings. The van der Waals surface area contributed by atoms with Crippen molar-refractivity contribution in [2.45, 2.75) is 26.4 Å². The first-order valence-corrected chi connectivity index (χ1v) is 7.17. The Labute approximate surface area is 114 Å². The largest absolute Gasteiger partial charge is 0.304 e. The summed E-state index contributed by atoms with van der Waals surface area (Å²) >= 11 is 5.36. The Hall–Kier alpha value is -0.710. The highest BCUT2D eigenvalue weighted by atomic mass is 79.9. The molecule has 17 heavy (non-hydrogen) atoms. The third-order valence-corrected chi connectivity index (χ3v) is 4.76. The molecule has 2 aromatic rings. The van der Waals surface area contributed by atoms with Crippen LogP contribution in [0.4, 0.5) is 0 Å². The van der Waals surface area contributed by atoms with E-state index in [1.165, 1.54) is 14.2 Å². The molecule has 0 aliphatic carbocycles. The summed E-state index contributed by atoms with van der Waals surface area (Å²) in [7, 11) is 0. The fourth-order valence-electron chi connectivity index (χ4n) is 1.60. The van der Waals surface area contributed by atoms with Crippen LogP contribution >= 0.6 is 27.3 Å². The van der Waals surface area contributed by atoms with Gasteiger partial charge in [0.05, 0.1) is 5.69 Å². The van der Waals surface area contributed by atoms with Gasteiger partial charge in [0.1, 0.15) is 0 Å². The second-order valence-electron chi connectivity index (χ2n) is 3.97. The van der Waals surface area contributed by atoms with Crippen LogP contribution in [0.15, 0.2) is 34.9 Å². The number of halogens is 1. The molecule has 2 heterocycles. The maximum Gasteiger partial charge on any atom is 0.0570 e. The summed E-state index contributed by atoms with van der Waals surface area (Å²) in [5.41, 5.74) is 1.08. The molecule has 1 N–H and O–H groups in total. The summed E-state index contributed by atoms with van der Waals surface area (Å²) in [6.45, 7) is 5.15. The van der Waals surface area contributed by atoms with Crippen LogP contribution in [0, 0.1) is 6.92 Å². The fraction of sp³-hybridized carbons (Fsp3) is 0.308. The molecule has 2 nitrogen and oxygen atoms in total. The monoisotopic (exact) mass is 310 g/mol. The van der Waals surface area contributed by atoms with Crippen molar-refractivity contribution in [2.75, 3.05) is 0 Å². The van der Waals surface area contributed by atoms with Crippen molar-refractivity contribution in [2.24, 2.45) is 0 Å². The Kier molecular flexibility index (Phi) is 4.31. The van der Waals surface area contributed by atoms with Crippen molar-refractivity contribution in [1.82, 2.24) is 10.3 Å². The van der Waals surface area contributed by atoms with E-state index in [2.05, 4.69) is 46.1 Å². The predicted octanol–water partition coefficient (Wildman–Crippen LogP) is 4.06. The number of pyridine rings is 1. The number of aryl methyl sites for hydroxylation is 1. The summed E-state index contributed by atoms with van der Waals surface area (Å²) in [6, 6.07) is 8.46. The van der Waals surface area contributed by atoms with Crippen LogP contribution in [0.1, 0.15) is 28.4 Å².